The largest absolute Gasteiger partial charge is 0.506 e. The van der Waals surface area contributed by atoms with E-state index in [1.54, 1.807) is 0 Å². The van der Waals surface area contributed by atoms with Crippen molar-refractivity contribution in [3.05, 3.63) is 51.3 Å². The van der Waals surface area contributed by atoms with Gasteiger partial charge in [0.2, 0.25) is 0 Å². The van der Waals surface area contributed by atoms with Crippen LogP contribution < -0.4 is 5.56 Å². The molecule has 6 nitrogen and oxygen atoms in total. The van der Waals surface area contributed by atoms with Crippen molar-refractivity contribution in [2.24, 2.45) is 7.05 Å². The van der Waals surface area contributed by atoms with E-state index in [9.17, 15) is 19.8 Å². The Kier molecular flexibility index (Phi) is 4.59. The van der Waals surface area contributed by atoms with Gasteiger partial charge in [0.05, 0.1) is 11.4 Å². The van der Waals surface area contributed by atoms with E-state index >= 15 is 0 Å². The average Bonchev–Trinajstić information content (AvgIpc) is 2.91. The number of aryl methyl sites for hydroxylation is 2. The molecule has 0 radical (unpaired) electrons. The molecule has 0 fully saturated rings. The van der Waals surface area contributed by atoms with Gasteiger partial charge >= 0.3 is 5.97 Å². The number of carboxylic acid groups (broad SMARTS) is 1. The lowest BCUT2D eigenvalue weighted by atomic mass is 10.0. The van der Waals surface area contributed by atoms with Gasteiger partial charge in [0.1, 0.15) is 5.75 Å². The van der Waals surface area contributed by atoms with Gasteiger partial charge in [0.15, 0.2) is 5.56 Å². The van der Waals surface area contributed by atoms with Crippen LogP contribution in [0.2, 0.25) is 0 Å². The Hall–Kier alpha value is -3.02. The number of aromatic hydroxyl groups is 1. The van der Waals surface area contributed by atoms with Crippen LogP contribution in [-0.2, 0) is 19.9 Å². The van der Waals surface area contributed by atoms with Crippen molar-refractivity contribution in [3.63, 3.8) is 0 Å². The molecule has 3 N–H and O–H groups in total. The van der Waals surface area contributed by atoms with Crippen molar-refractivity contribution in [2.45, 2.75) is 33.1 Å². The summed E-state index contributed by atoms with van der Waals surface area (Å²) in [5, 5.41) is 20.6. The van der Waals surface area contributed by atoms with Crippen LogP contribution in [-0.4, -0.2) is 25.7 Å². The Morgan fingerprint density at radius 1 is 1.23 bits per heavy atom. The van der Waals surface area contributed by atoms with Crippen LogP contribution in [0.4, 0.5) is 0 Å². The van der Waals surface area contributed by atoms with Crippen molar-refractivity contribution in [1.82, 2.24) is 9.55 Å². The number of aromatic nitrogens is 2. The third-order valence-electron chi connectivity index (χ3n) is 4.76. The minimum Gasteiger partial charge on any atom is -0.506 e. The lowest BCUT2D eigenvalue weighted by Crippen LogP contribution is -2.20. The molecule has 6 heteroatoms. The fourth-order valence-electron chi connectivity index (χ4n) is 3.45. The second-order valence-corrected chi connectivity index (χ2v) is 6.42. The number of pyridine rings is 1. The predicted molar refractivity (Wildman–Crippen MR) is 101 cm³/mol. The van der Waals surface area contributed by atoms with Gasteiger partial charge in [0, 0.05) is 23.5 Å². The molecule has 0 amide bonds. The molecular formula is C20H22N2O4. The van der Waals surface area contributed by atoms with Gasteiger partial charge < -0.3 is 19.8 Å². The van der Waals surface area contributed by atoms with Gasteiger partial charge in [-0.15, -0.1) is 0 Å². The first kappa shape index (κ1) is 17.8. The minimum absolute atomic E-state index is 0.390. The van der Waals surface area contributed by atoms with Gasteiger partial charge in [-0.05, 0) is 30.5 Å². The number of aromatic amines is 1. The van der Waals surface area contributed by atoms with Crippen molar-refractivity contribution in [3.8, 4) is 17.1 Å². The van der Waals surface area contributed by atoms with Crippen LogP contribution in [0.25, 0.3) is 22.3 Å². The van der Waals surface area contributed by atoms with E-state index in [1.807, 2.05) is 30.7 Å². The SMILES string of the molecule is CCCc1ccc2cc(-c3[nH]c(=O)c(C(=O)O)c(O)c3CC)n(C)c2c1. The first-order chi connectivity index (χ1) is 12.4. The molecule has 0 saturated heterocycles. The molecule has 0 aliphatic rings. The second-order valence-electron chi connectivity index (χ2n) is 6.42. The van der Waals surface area contributed by atoms with Crippen LogP contribution in [0.5, 0.6) is 5.75 Å². The maximum Gasteiger partial charge on any atom is 0.345 e. The highest BCUT2D eigenvalue weighted by Gasteiger charge is 2.23. The third kappa shape index (κ3) is 2.77. The molecule has 26 heavy (non-hydrogen) atoms. The molecule has 0 aliphatic heterocycles. The molecule has 0 aliphatic carbocycles. The summed E-state index contributed by atoms with van der Waals surface area (Å²) >= 11 is 0. The normalized spacial score (nSPS) is 11.2. The summed E-state index contributed by atoms with van der Waals surface area (Å²) in [7, 11) is 1.90. The molecule has 0 atom stereocenters. The van der Waals surface area contributed by atoms with Gasteiger partial charge in [-0.25, -0.2) is 4.79 Å². The highest BCUT2D eigenvalue weighted by Crippen LogP contribution is 2.33. The summed E-state index contributed by atoms with van der Waals surface area (Å²) in [6, 6.07) is 8.19. The van der Waals surface area contributed by atoms with Crippen molar-refractivity contribution >= 4 is 16.9 Å². The number of carboxylic acids is 1. The fourth-order valence-corrected chi connectivity index (χ4v) is 3.45. The van der Waals surface area contributed by atoms with Crippen molar-refractivity contribution in [1.29, 1.82) is 0 Å². The molecule has 2 heterocycles. The number of fused-ring (bicyclic) bond motifs is 1. The molecule has 0 bridgehead atoms. The molecule has 2 aromatic heterocycles. The second kappa shape index (κ2) is 6.71. The number of rotatable bonds is 5. The highest BCUT2D eigenvalue weighted by atomic mass is 16.4. The third-order valence-corrected chi connectivity index (χ3v) is 4.76. The van der Waals surface area contributed by atoms with Gasteiger partial charge in [-0.1, -0.05) is 32.4 Å². The number of carbonyl (C=O) groups is 1. The van der Waals surface area contributed by atoms with Crippen LogP contribution in [0, 0.1) is 0 Å². The minimum atomic E-state index is -1.44. The summed E-state index contributed by atoms with van der Waals surface area (Å²) in [6.07, 6.45) is 2.43. The first-order valence-electron chi connectivity index (χ1n) is 8.69. The molecule has 136 valence electrons. The number of hydrogen-bond acceptors (Lipinski definition) is 3. The van der Waals surface area contributed by atoms with Crippen LogP contribution in [0.1, 0.15) is 41.8 Å². The first-order valence-corrected chi connectivity index (χ1v) is 8.69. The molecule has 3 aromatic rings. The Bertz CT molecular complexity index is 1060. The standard InChI is InChI=1S/C20H22N2O4/c1-4-6-11-7-8-12-10-15(22(3)14(12)9-11)17-13(5-2)18(23)16(20(25)26)19(24)21-17/h7-10H,4-6H2,1-3H3,(H,25,26)(H2,21,23,24). The van der Waals surface area contributed by atoms with Gasteiger partial charge in [-0.3, -0.25) is 4.79 Å². The summed E-state index contributed by atoms with van der Waals surface area (Å²) in [6.45, 7) is 3.94. The zero-order chi connectivity index (χ0) is 19.0. The topological polar surface area (TPSA) is 95.3 Å². The number of nitrogens with one attached hydrogen (secondary N) is 1. The number of aromatic carboxylic acids is 1. The Labute approximate surface area is 150 Å². The summed E-state index contributed by atoms with van der Waals surface area (Å²) in [5.41, 5.74) is 2.44. The molecular weight excluding hydrogens is 332 g/mol. The molecule has 0 saturated carbocycles. The number of benzene rings is 1. The maximum atomic E-state index is 12.2. The van der Waals surface area contributed by atoms with E-state index in [4.69, 9.17) is 0 Å². The van der Waals surface area contributed by atoms with Crippen molar-refractivity contribution in [2.75, 3.05) is 0 Å². The lowest BCUT2D eigenvalue weighted by molar-refractivity contribution is 0.0691. The fraction of sp³-hybridized carbons (Fsp3) is 0.300. The maximum absolute atomic E-state index is 12.2. The van der Waals surface area contributed by atoms with E-state index in [2.05, 4.69) is 24.0 Å². The summed E-state index contributed by atoms with van der Waals surface area (Å²) in [5.74, 6) is -1.90. The van der Waals surface area contributed by atoms with Gasteiger partial charge in [0.25, 0.3) is 5.56 Å². The number of nitrogens with zero attached hydrogens (tertiary/aromatic N) is 1. The van der Waals surface area contributed by atoms with E-state index < -0.39 is 22.8 Å². The van der Waals surface area contributed by atoms with Crippen LogP contribution in [0.3, 0.4) is 0 Å². The summed E-state index contributed by atoms with van der Waals surface area (Å²) in [4.78, 5) is 26.1. The quantitative estimate of drug-likeness (QED) is 0.654. The zero-order valence-corrected chi connectivity index (χ0v) is 15.1. The van der Waals surface area contributed by atoms with Gasteiger partial charge in [-0.2, -0.15) is 0 Å². The van der Waals surface area contributed by atoms with E-state index in [1.165, 1.54) is 5.56 Å². The average molecular weight is 354 g/mol. The van der Waals surface area contributed by atoms with Crippen molar-refractivity contribution < 1.29 is 15.0 Å². The van der Waals surface area contributed by atoms with E-state index in [-0.39, 0.29) is 0 Å². The van der Waals surface area contributed by atoms with Crippen LogP contribution >= 0.6 is 0 Å². The van der Waals surface area contributed by atoms with E-state index in [0.717, 1.165) is 29.4 Å². The monoisotopic (exact) mass is 354 g/mol. The van der Waals surface area contributed by atoms with Crippen LogP contribution in [0.15, 0.2) is 29.1 Å². The highest BCUT2D eigenvalue weighted by molar-refractivity contribution is 5.93. The number of H-pyrrole nitrogens is 1. The molecule has 0 spiro atoms. The Morgan fingerprint density at radius 3 is 2.58 bits per heavy atom. The Morgan fingerprint density at radius 2 is 1.96 bits per heavy atom. The zero-order valence-electron chi connectivity index (χ0n) is 15.1. The summed E-state index contributed by atoms with van der Waals surface area (Å²) < 4.78 is 1.96. The lowest BCUT2D eigenvalue weighted by Gasteiger charge is -2.13. The Balaban J connectivity index is 2.28. The smallest absolute Gasteiger partial charge is 0.345 e. The molecule has 0 unspecified atom stereocenters. The number of hydrogen-bond donors (Lipinski definition) is 3. The van der Waals surface area contributed by atoms with E-state index in [0.29, 0.717) is 17.7 Å². The predicted octanol–water partition coefficient (Wildman–Crippen LogP) is 3.45. The molecule has 1 aromatic carbocycles. The molecule has 3 rings (SSSR count).